The van der Waals surface area contributed by atoms with Gasteiger partial charge in [-0.15, -0.1) is 6.58 Å². The number of likely N-dealkylation sites (tertiary alicyclic amines) is 1. The summed E-state index contributed by atoms with van der Waals surface area (Å²) in [7, 11) is 0. The van der Waals surface area contributed by atoms with Gasteiger partial charge in [0.25, 0.3) is 0 Å². The molecule has 0 aliphatic carbocycles. The van der Waals surface area contributed by atoms with Gasteiger partial charge in [0, 0.05) is 31.6 Å². The lowest BCUT2D eigenvalue weighted by Crippen LogP contribution is -2.34. The lowest BCUT2D eigenvalue weighted by Gasteiger charge is -2.25. The fourth-order valence-corrected chi connectivity index (χ4v) is 2.68. The lowest BCUT2D eigenvalue weighted by atomic mass is 10.1. The van der Waals surface area contributed by atoms with Gasteiger partial charge in [0.05, 0.1) is 0 Å². The molecule has 1 saturated heterocycles. The zero-order chi connectivity index (χ0) is 15.2. The monoisotopic (exact) mass is 294 g/mol. The Morgan fingerprint density at radius 1 is 1.33 bits per heavy atom. The van der Waals surface area contributed by atoms with Crippen LogP contribution in [0.15, 0.2) is 30.9 Å². The van der Waals surface area contributed by atoms with Crippen molar-refractivity contribution in [2.24, 2.45) is 0 Å². The van der Waals surface area contributed by atoms with Gasteiger partial charge in [0.1, 0.15) is 11.6 Å². The molecule has 1 aromatic carbocycles. The van der Waals surface area contributed by atoms with Crippen LogP contribution in [-0.4, -0.2) is 29.9 Å². The van der Waals surface area contributed by atoms with Crippen LogP contribution in [0.4, 0.5) is 8.78 Å². The van der Waals surface area contributed by atoms with E-state index in [1.54, 1.807) is 11.0 Å². The molecule has 2 rings (SSSR count). The quantitative estimate of drug-likeness (QED) is 0.619. The van der Waals surface area contributed by atoms with Crippen molar-refractivity contribution in [3.05, 3.63) is 48.1 Å². The van der Waals surface area contributed by atoms with Crippen molar-refractivity contribution in [3.63, 3.8) is 0 Å². The fraction of sp³-hybridized carbons (Fsp3) is 0.438. The summed E-state index contributed by atoms with van der Waals surface area (Å²) in [6.45, 7) is 5.42. The van der Waals surface area contributed by atoms with Crippen LogP contribution < -0.4 is 5.32 Å². The van der Waals surface area contributed by atoms with E-state index in [-0.39, 0.29) is 18.5 Å². The highest BCUT2D eigenvalue weighted by molar-refractivity contribution is 5.78. The van der Waals surface area contributed by atoms with E-state index in [1.807, 2.05) is 0 Å². The molecule has 1 fully saturated rings. The minimum Gasteiger partial charge on any atom is -0.335 e. The van der Waals surface area contributed by atoms with Gasteiger partial charge in [-0.2, -0.15) is 0 Å². The SMILES string of the molecule is C=CCNCC[C@@H]1CCC(=O)N1Cc1cc(F)cc(F)c1. The Bertz CT molecular complexity index is 499. The molecule has 21 heavy (non-hydrogen) atoms. The number of nitrogens with zero attached hydrogens (tertiary/aromatic N) is 1. The second-order valence-corrected chi connectivity index (χ2v) is 5.27. The Morgan fingerprint density at radius 3 is 2.71 bits per heavy atom. The van der Waals surface area contributed by atoms with Gasteiger partial charge in [-0.25, -0.2) is 8.78 Å². The third-order valence-electron chi connectivity index (χ3n) is 3.67. The summed E-state index contributed by atoms with van der Waals surface area (Å²) in [4.78, 5) is 13.7. The van der Waals surface area contributed by atoms with E-state index in [1.165, 1.54) is 12.1 Å². The summed E-state index contributed by atoms with van der Waals surface area (Å²) in [6.07, 6.45) is 3.92. The Labute approximate surface area is 123 Å². The molecule has 1 aliphatic heterocycles. The predicted molar refractivity (Wildman–Crippen MR) is 77.6 cm³/mol. The second kappa shape index (κ2) is 7.31. The first-order valence-corrected chi connectivity index (χ1v) is 7.16. The number of benzene rings is 1. The number of halogens is 2. The predicted octanol–water partition coefficient (Wildman–Crippen LogP) is 2.62. The number of carbonyl (C=O) groups excluding carboxylic acids is 1. The van der Waals surface area contributed by atoms with E-state index in [0.717, 1.165) is 32.0 Å². The number of rotatable bonds is 7. The molecule has 0 aromatic heterocycles. The van der Waals surface area contributed by atoms with Crippen LogP contribution in [0.5, 0.6) is 0 Å². The Balaban J connectivity index is 1.97. The van der Waals surface area contributed by atoms with Crippen molar-refractivity contribution in [1.29, 1.82) is 0 Å². The molecule has 114 valence electrons. The molecule has 0 radical (unpaired) electrons. The van der Waals surface area contributed by atoms with E-state index >= 15 is 0 Å². The van der Waals surface area contributed by atoms with Gasteiger partial charge in [-0.3, -0.25) is 4.79 Å². The summed E-state index contributed by atoms with van der Waals surface area (Å²) in [5.41, 5.74) is 0.492. The van der Waals surface area contributed by atoms with Gasteiger partial charge in [0.15, 0.2) is 0 Å². The highest BCUT2D eigenvalue weighted by Crippen LogP contribution is 2.24. The molecular formula is C16H20F2N2O. The van der Waals surface area contributed by atoms with E-state index in [2.05, 4.69) is 11.9 Å². The summed E-state index contributed by atoms with van der Waals surface area (Å²) >= 11 is 0. The van der Waals surface area contributed by atoms with Crippen molar-refractivity contribution in [2.75, 3.05) is 13.1 Å². The molecule has 1 amide bonds. The average molecular weight is 294 g/mol. The first kappa shape index (κ1) is 15.6. The van der Waals surface area contributed by atoms with Crippen LogP contribution >= 0.6 is 0 Å². The van der Waals surface area contributed by atoms with Crippen molar-refractivity contribution in [3.8, 4) is 0 Å². The van der Waals surface area contributed by atoms with Crippen LogP contribution in [0, 0.1) is 11.6 Å². The summed E-state index contributed by atoms with van der Waals surface area (Å²) in [5, 5.41) is 3.20. The minimum absolute atomic E-state index is 0.0494. The molecule has 0 bridgehead atoms. The maximum atomic E-state index is 13.2. The van der Waals surface area contributed by atoms with Crippen molar-refractivity contribution < 1.29 is 13.6 Å². The van der Waals surface area contributed by atoms with Crippen LogP contribution in [0.25, 0.3) is 0 Å². The number of hydrogen-bond donors (Lipinski definition) is 1. The minimum atomic E-state index is -0.610. The van der Waals surface area contributed by atoms with Crippen molar-refractivity contribution >= 4 is 5.91 Å². The van der Waals surface area contributed by atoms with Gasteiger partial charge >= 0.3 is 0 Å². The molecule has 1 N–H and O–H groups in total. The third-order valence-corrected chi connectivity index (χ3v) is 3.67. The smallest absolute Gasteiger partial charge is 0.223 e. The highest BCUT2D eigenvalue weighted by Gasteiger charge is 2.30. The van der Waals surface area contributed by atoms with Crippen LogP contribution in [-0.2, 0) is 11.3 Å². The van der Waals surface area contributed by atoms with Gasteiger partial charge in [-0.05, 0) is 37.1 Å². The number of hydrogen-bond acceptors (Lipinski definition) is 2. The van der Waals surface area contributed by atoms with Crippen LogP contribution in [0.2, 0.25) is 0 Å². The number of nitrogens with one attached hydrogen (secondary N) is 1. The molecule has 1 atom stereocenters. The summed E-state index contributed by atoms with van der Waals surface area (Å²) in [6, 6.07) is 3.52. The van der Waals surface area contributed by atoms with E-state index in [9.17, 15) is 13.6 Å². The van der Waals surface area contributed by atoms with E-state index in [0.29, 0.717) is 12.0 Å². The normalized spacial score (nSPS) is 18.3. The molecule has 5 heteroatoms. The summed E-state index contributed by atoms with van der Waals surface area (Å²) in [5.74, 6) is -1.17. The average Bonchev–Trinajstić information content (AvgIpc) is 2.75. The molecule has 1 heterocycles. The Morgan fingerprint density at radius 2 is 2.05 bits per heavy atom. The summed E-state index contributed by atoms with van der Waals surface area (Å²) < 4.78 is 26.4. The molecule has 0 spiro atoms. The molecule has 3 nitrogen and oxygen atoms in total. The van der Waals surface area contributed by atoms with E-state index < -0.39 is 11.6 Å². The Hall–Kier alpha value is -1.75. The lowest BCUT2D eigenvalue weighted by molar-refractivity contribution is -0.129. The molecular weight excluding hydrogens is 274 g/mol. The zero-order valence-electron chi connectivity index (χ0n) is 11.9. The van der Waals surface area contributed by atoms with Gasteiger partial charge in [-0.1, -0.05) is 6.08 Å². The first-order chi connectivity index (χ1) is 10.1. The van der Waals surface area contributed by atoms with Crippen molar-refractivity contribution in [1.82, 2.24) is 10.2 Å². The highest BCUT2D eigenvalue weighted by atomic mass is 19.1. The zero-order valence-corrected chi connectivity index (χ0v) is 11.9. The number of carbonyl (C=O) groups is 1. The molecule has 1 aliphatic rings. The maximum Gasteiger partial charge on any atom is 0.223 e. The van der Waals surface area contributed by atoms with E-state index in [4.69, 9.17) is 0 Å². The largest absolute Gasteiger partial charge is 0.335 e. The van der Waals surface area contributed by atoms with Crippen LogP contribution in [0.3, 0.4) is 0 Å². The first-order valence-electron chi connectivity index (χ1n) is 7.16. The standard InChI is InChI=1S/C16H20F2N2O/c1-2-6-19-7-5-15-3-4-16(21)20(15)11-12-8-13(17)10-14(18)9-12/h2,8-10,15,19H,1,3-7,11H2/t15-/m0/s1. The fourth-order valence-electron chi connectivity index (χ4n) is 2.68. The van der Waals surface area contributed by atoms with Crippen LogP contribution in [0.1, 0.15) is 24.8 Å². The van der Waals surface area contributed by atoms with Gasteiger partial charge in [0.2, 0.25) is 5.91 Å². The second-order valence-electron chi connectivity index (χ2n) is 5.27. The number of amides is 1. The van der Waals surface area contributed by atoms with Crippen molar-refractivity contribution in [2.45, 2.75) is 31.8 Å². The maximum absolute atomic E-state index is 13.2. The molecule has 0 saturated carbocycles. The molecule has 0 unspecified atom stereocenters. The Kier molecular flexibility index (Phi) is 5.44. The topological polar surface area (TPSA) is 32.3 Å². The third kappa shape index (κ3) is 4.36. The van der Waals surface area contributed by atoms with Gasteiger partial charge < -0.3 is 10.2 Å². The molecule has 1 aromatic rings.